The lowest BCUT2D eigenvalue weighted by Gasteiger charge is -2.36. The van der Waals surface area contributed by atoms with E-state index in [0.717, 1.165) is 51.7 Å². The van der Waals surface area contributed by atoms with Crippen LogP contribution in [0.3, 0.4) is 0 Å². The average Bonchev–Trinajstić information content (AvgIpc) is 2.31. The number of rotatable bonds is 7. The van der Waals surface area contributed by atoms with Gasteiger partial charge in [-0.15, -0.1) is 0 Å². The summed E-state index contributed by atoms with van der Waals surface area (Å²) < 4.78 is 4.98. The van der Waals surface area contributed by atoms with Crippen molar-refractivity contribution in [1.82, 2.24) is 5.32 Å². The molecule has 0 radical (unpaired) electrons. The fraction of sp³-hybridized carbons (Fsp3) is 0.923. The number of methoxy groups -OCH3 is 1. The third kappa shape index (κ3) is 4.28. The molecule has 0 aromatic rings. The van der Waals surface area contributed by atoms with Crippen molar-refractivity contribution in [2.75, 3.05) is 20.3 Å². The first kappa shape index (κ1) is 14.5. The van der Waals surface area contributed by atoms with E-state index in [1.807, 2.05) is 0 Å². The van der Waals surface area contributed by atoms with Gasteiger partial charge in [-0.1, -0.05) is 6.92 Å². The summed E-state index contributed by atoms with van der Waals surface area (Å²) in [5, 5.41) is 12.6. The lowest BCUT2D eigenvalue weighted by Crippen LogP contribution is -2.54. The Kier molecular flexibility index (Phi) is 5.92. The smallest absolute Gasteiger partial charge is 0.323 e. The fourth-order valence-corrected chi connectivity index (χ4v) is 2.42. The van der Waals surface area contributed by atoms with E-state index in [-0.39, 0.29) is 0 Å². The standard InChI is InChI=1S/C13H25NO3/c1-11-5-7-13(8-6-11,12(15)16)14-9-3-4-10-17-2/h11,14H,3-10H2,1-2H3,(H,15,16). The zero-order valence-corrected chi connectivity index (χ0v) is 11.0. The van der Waals surface area contributed by atoms with Crippen LogP contribution in [0, 0.1) is 5.92 Å². The van der Waals surface area contributed by atoms with Gasteiger partial charge in [-0.25, -0.2) is 0 Å². The highest BCUT2D eigenvalue weighted by Gasteiger charge is 2.40. The summed E-state index contributed by atoms with van der Waals surface area (Å²) in [7, 11) is 1.69. The molecule has 1 fully saturated rings. The molecule has 2 N–H and O–H groups in total. The van der Waals surface area contributed by atoms with Crippen LogP contribution in [-0.2, 0) is 9.53 Å². The van der Waals surface area contributed by atoms with E-state index in [9.17, 15) is 9.90 Å². The Bertz CT molecular complexity index is 235. The maximum absolute atomic E-state index is 11.4. The van der Waals surface area contributed by atoms with Crippen molar-refractivity contribution in [3.63, 3.8) is 0 Å². The van der Waals surface area contributed by atoms with Gasteiger partial charge in [-0.05, 0) is 51.0 Å². The number of hydrogen-bond donors (Lipinski definition) is 2. The molecule has 0 heterocycles. The van der Waals surface area contributed by atoms with Crippen molar-refractivity contribution in [3.8, 4) is 0 Å². The van der Waals surface area contributed by atoms with Crippen molar-refractivity contribution in [1.29, 1.82) is 0 Å². The largest absolute Gasteiger partial charge is 0.480 e. The van der Waals surface area contributed by atoms with Crippen molar-refractivity contribution in [3.05, 3.63) is 0 Å². The first-order chi connectivity index (χ1) is 8.10. The molecule has 1 aliphatic carbocycles. The molecule has 1 aliphatic rings. The molecule has 0 amide bonds. The number of carboxylic acid groups (broad SMARTS) is 1. The molecular formula is C13H25NO3. The van der Waals surface area contributed by atoms with Crippen LogP contribution in [0.25, 0.3) is 0 Å². The topological polar surface area (TPSA) is 58.6 Å². The number of ether oxygens (including phenoxy) is 1. The molecule has 0 spiro atoms. The summed E-state index contributed by atoms with van der Waals surface area (Å²) in [5.74, 6) is -0.0195. The van der Waals surface area contributed by atoms with Crippen molar-refractivity contribution >= 4 is 5.97 Å². The highest BCUT2D eigenvalue weighted by Crippen LogP contribution is 2.32. The summed E-state index contributed by atoms with van der Waals surface area (Å²) in [4.78, 5) is 11.4. The average molecular weight is 243 g/mol. The second kappa shape index (κ2) is 6.97. The predicted octanol–water partition coefficient (Wildman–Crippen LogP) is 2.04. The molecular weight excluding hydrogens is 218 g/mol. The Morgan fingerprint density at radius 2 is 2.06 bits per heavy atom. The summed E-state index contributed by atoms with van der Waals surface area (Å²) in [5.41, 5.74) is -0.667. The number of hydrogen-bond acceptors (Lipinski definition) is 3. The van der Waals surface area contributed by atoms with Gasteiger partial charge < -0.3 is 15.2 Å². The van der Waals surface area contributed by atoms with E-state index in [2.05, 4.69) is 12.2 Å². The van der Waals surface area contributed by atoms with Crippen LogP contribution in [0.5, 0.6) is 0 Å². The summed E-state index contributed by atoms with van der Waals surface area (Å²) in [6.45, 7) is 3.72. The summed E-state index contributed by atoms with van der Waals surface area (Å²) in [6.07, 6.45) is 5.49. The minimum absolute atomic E-state index is 0.665. The maximum atomic E-state index is 11.4. The predicted molar refractivity (Wildman–Crippen MR) is 67.1 cm³/mol. The summed E-state index contributed by atoms with van der Waals surface area (Å²) >= 11 is 0. The number of aliphatic carboxylic acids is 1. The normalized spacial score (nSPS) is 29.2. The van der Waals surface area contributed by atoms with E-state index >= 15 is 0 Å². The molecule has 0 unspecified atom stereocenters. The Hall–Kier alpha value is -0.610. The van der Waals surface area contributed by atoms with Crippen molar-refractivity contribution < 1.29 is 14.6 Å². The molecule has 1 rings (SSSR count). The molecule has 17 heavy (non-hydrogen) atoms. The van der Waals surface area contributed by atoms with Gasteiger partial charge in [0.05, 0.1) is 0 Å². The SMILES string of the molecule is COCCCCNC1(C(=O)O)CCC(C)CC1. The van der Waals surface area contributed by atoms with E-state index in [4.69, 9.17) is 4.74 Å². The second-order valence-electron chi connectivity index (χ2n) is 5.20. The van der Waals surface area contributed by atoms with E-state index in [1.54, 1.807) is 7.11 Å². The third-order valence-corrected chi connectivity index (χ3v) is 3.78. The lowest BCUT2D eigenvalue weighted by atomic mass is 9.77. The Balaban J connectivity index is 2.35. The molecule has 1 saturated carbocycles. The molecule has 4 heteroatoms. The van der Waals surface area contributed by atoms with Gasteiger partial charge in [-0.3, -0.25) is 4.79 Å². The van der Waals surface area contributed by atoms with Gasteiger partial charge in [0.25, 0.3) is 0 Å². The molecule has 0 aliphatic heterocycles. The van der Waals surface area contributed by atoms with Gasteiger partial charge >= 0.3 is 5.97 Å². The van der Waals surface area contributed by atoms with Crippen LogP contribution < -0.4 is 5.32 Å². The minimum Gasteiger partial charge on any atom is -0.480 e. The van der Waals surface area contributed by atoms with Gasteiger partial charge in [-0.2, -0.15) is 0 Å². The Labute approximate surface area is 104 Å². The molecule has 0 bridgehead atoms. The van der Waals surface area contributed by atoms with Crippen LogP contribution in [0.15, 0.2) is 0 Å². The van der Waals surface area contributed by atoms with E-state index in [1.165, 1.54) is 0 Å². The van der Waals surface area contributed by atoms with Crippen LogP contribution in [0.1, 0.15) is 45.4 Å². The third-order valence-electron chi connectivity index (χ3n) is 3.78. The van der Waals surface area contributed by atoms with Crippen molar-refractivity contribution in [2.45, 2.75) is 51.0 Å². The highest BCUT2D eigenvalue weighted by molar-refractivity contribution is 5.78. The number of carboxylic acids is 1. The molecule has 0 aromatic carbocycles. The Morgan fingerprint density at radius 1 is 1.41 bits per heavy atom. The van der Waals surface area contributed by atoms with Gasteiger partial charge in [0.1, 0.15) is 5.54 Å². The van der Waals surface area contributed by atoms with Gasteiger partial charge in [0, 0.05) is 13.7 Å². The first-order valence-electron chi connectivity index (χ1n) is 6.58. The minimum atomic E-state index is -0.684. The zero-order chi connectivity index (χ0) is 12.7. The second-order valence-corrected chi connectivity index (χ2v) is 5.20. The molecule has 0 saturated heterocycles. The van der Waals surface area contributed by atoms with E-state index < -0.39 is 11.5 Å². The summed E-state index contributed by atoms with van der Waals surface area (Å²) in [6, 6.07) is 0. The highest BCUT2D eigenvalue weighted by atomic mass is 16.5. The van der Waals surface area contributed by atoms with E-state index in [0.29, 0.717) is 5.92 Å². The molecule has 4 nitrogen and oxygen atoms in total. The van der Waals surface area contributed by atoms with Crippen molar-refractivity contribution in [2.24, 2.45) is 5.92 Å². The molecule has 0 atom stereocenters. The van der Waals surface area contributed by atoms with Crippen LogP contribution in [-0.4, -0.2) is 36.9 Å². The quantitative estimate of drug-likeness (QED) is 0.672. The van der Waals surface area contributed by atoms with Crippen LogP contribution in [0.4, 0.5) is 0 Å². The zero-order valence-electron chi connectivity index (χ0n) is 11.0. The van der Waals surface area contributed by atoms with Gasteiger partial charge in [0.15, 0.2) is 0 Å². The van der Waals surface area contributed by atoms with Crippen LogP contribution >= 0.6 is 0 Å². The number of carbonyl (C=O) groups is 1. The molecule has 100 valence electrons. The first-order valence-corrected chi connectivity index (χ1v) is 6.58. The number of nitrogens with one attached hydrogen (secondary N) is 1. The maximum Gasteiger partial charge on any atom is 0.323 e. The van der Waals surface area contributed by atoms with Crippen LogP contribution in [0.2, 0.25) is 0 Å². The van der Waals surface area contributed by atoms with Gasteiger partial charge in [0.2, 0.25) is 0 Å². The molecule has 0 aromatic heterocycles. The lowest BCUT2D eigenvalue weighted by molar-refractivity contribution is -0.146. The Morgan fingerprint density at radius 3 is 2.59 bits per heavy atom. The fourth-order valence-electron chi connectivity index (χ4n) is 2.42. The monoisotopic (exact) mass is 243 g/mol. The number of unbranched alkanes of at least 4 members (excludes halogenated alkanes) is 1.